The van der Waals surface area contributed by atoms with Crippen molar-refractivity contribution in [3.05, 3.63) is 35.4 Å². The molecule has 0 aromatic heterocycles. The van der Waals surface area contributed by atoms with Gasteiger partial charge in [0.2, 0.25) is 0 Å². The molecule has 1 aromatic carbocycles. The van der Waals surface area contributed by atoms with E-state index in [-0.39, 0.29) is 29.8 Å². The van der Waals surface area contributed by atoms with Crippen LogP contribution in [-0.2, 0) is 14.4 Å². The smallest absolute Gasteiger partial charge is 0.330 e. The Bertz CT molecular complexity index is 558. The first-order chi connectivity index (χ1) is 9.50. The summed E-state index contributed by atoms with van der Waals surface area (Å²) in [6.45, 7) is 1.43. The van der Waals surface area contributed by atoms with E-state index in [4.69, 9.17) is 4.84 Å². The molecule has 1 aliphatic heterocycles. The standard InChI is InChI=1S/C14H13NO5/c1-9(16)5-4-8-12(17)20-15-13(18)10-6-2-3-7-11(10)14(15)19/h2-3,6-7H,4-5,8H2,1H3. The predicted molar refractivity (Wildman–Crippen MR) is 67.6 cm³/mol. The topological polar surface area (TPSA) is 80.8 Å². The number of ketones is 1. The third kappa shape index (κ3) is 2.74. The zero-order chi connectivity index (χ0) is 14.7. The van der Waals surface area contributed by atoms with Gasteiger partial charge in [-0.3, -0.25) is 9.59 Å². The van der Waals surface area contributed by atoms with Gasteiger partial charge in [0.1, 0.15) is 5.78 Å². The van der Waals surface area contributed by atoms with Gasteiger partial charge >= 0.3 is 5.97 Å². The minimum atomic E-state index is -0.708. The van der Waals surface area contributed by atoms with Gasteiger partial charge in [0.25, 0.3) is 11.8 Å². The number of hydrogen-bond donors (Lipinski definition) is 0. The number of hydrogen-bond acceptors (Lipinski definition) is 5. The number of amides is 2. The van der Waals surface area contributed by atoms with Gasteiger partial charge in [-0.2, -0.15) is 0 Å². The molecule has 6 heteroatoms. The second kappa shape index (κ2) is 5.64. The van der Waals surface area contributed by atoms with E-state index >= 15 is 0 Å². The lowest BCUT2D eigenvalue weighted by atomic mass is 10.1. The summed E-state index contributed by atoms with van der Waals surface area (Å²) in [6, 6.07) is 6.25. The first-order valence-electron chi connectivity index (χ1n) is 6.18. The van der Waals surface area contributed by atoms with Crippen molar-refractivity contribution in [3.8, 4) is 0 Å². The summed E-state index contributed by atoms with van der Waals surface area (Å²) in [5.41, 5.74) is 0.433. The fourth-order valence-electron chi connectivity index (χ4n) is 1.88. The summed E-state index contributed by atoms with van der Waals surface area (Å²) in [5, 5.41) is 0.473. The van der Waals surface area contributed by atoms with Crippen LogP contribution in [0.5, 0.6) is 0 Å². The van der Waals surface area contributed by atoms with Crippen LogP contribution >= 0.6 is 0 Å². The summed E-state index contributed by atoms with van der Waals surface area (Å²) < 4.78 is 0. The number of Topliss-reactive ketones (excluding diaryl/α,β-unsaturated/α-hetero) is 1. The van der Waals surface area contributed by atoms with Crippen LogP contribution < -0.4 is 0 Å². The Hall–Kier alpha value is -2.50. The molecule has 0 bridgehead atoms. The molecule has 0 radical (unpaired) electrons. The van der Waals surface area contributed by atoms with E-state index in [1.807, 2.05) is 0 Å². The third-order valence-corrected chi connectivity index (χ3v) is 2.86. The van der Waals surface area contributed by atoms with Crippen LogP contribution in [0.3, 0.4) is 0 Å². The molecule has 2 amide bonds. The molecule has 1 aliphatic rings. The van der Waals surface area contributed by atoms with Crippen LogP contribution in [-0.4, -0.2) is 28.6 Å². The first-order valence-corrected chi connectivity index (χ1v) is 6.18. The van der Waals surface area contributed by atoms with Crippen LogP contribution in [0.1, 0.15) is 46.9 Å². The molecular formula is C14H13NO5. The van der Waals surface area contributed by atoms with Crippen LogP contribution in [0.25, 0.3) is 0 Å². The Morgan fingerprint density at radius 3 is 2.10 bits per heavy atom. The zero-order valence-corrected chi connectivity index (χ0v) is 10.9. The molecule has 0 atom stereocenters. The molecule has 20 heavy (non-hydrogen) atoms. The van der Waals surface area contributed by atoms with Crippen molar-refractivity contribution in [1.82, 2.24) is 5.06 Å². The van der Waals surface area contributed by atoms with Crippen LogP contribution in [0, 0.1) is 0 Å². The van der Waals surface area contributed by atoms with E-state index in [1.54, 1.807) is 12.1 Å². The van der Waals surface area contributed by atoms with Gasteiger partial charge in [-0.15, -0.1) is 0 Å². The van der Waals surface area contributed by atoms with Crippen molar-refractivity contribution in [2.45, 2.75) is 26.2 Å². The molecule has 1 aromatic rings. The lowest BCUT2D eigenvalue weighted by Crippen LogP contribution is -2.32. The number of carbonyl (C=O) groups excluding carboxylic acids is 4. The molecular weight excluding hydrogens is 262 g/mol. The lowest BCUT2D eigenvalue weighted by Gasteiger charge is -2.12. The number of nitrogens with zero attached hydrogens (tertiary/aromatic N) is 1. The van der Waals surface area contributed by atoms with Gasteiger partial charge in [-0.1, -0.05) is 17.2 Å². The predicted octanol–water partition coefficient (Wildman–Crippen LogP) is 1.50. The molecule has 1 heterocycles. The lowest BCUT2D eigenvalue weighted by molar-refractivity contribution is -0.168. The van der Waals surface area contributed by atoms with Crippen molar-refractivity contribution in [3.63, 3.8) is 0 Å². The van der Waals surface area contributed by atoms with E-state index in [0.717, 1.165) is 0 Å². The highest BCUT2D eigenvalue weighted by Gasteiger charge is 2.38. The number of rotatable bonds is 5. The van der Waals surface area contributed by atoms with Crippen LogP contribution in [0.4, 0.5) is 0 Å². The van der Waals surface area contributed by atoms with Gasteiger partial charge in [0.15, 0.2) is 0 Å². The first kappa shape index (κ1) is 13.9. The normalized spacial score (nSPS) is 13.3. The molecule has 6 nitrogen and oxygen atoms in total. The molecule has 0 spiro atoms. The van der Waals surface area contributed by atoms with Gasteiger partial charge in [-0.25, -0.2) is 4.79 Å². The maximum atomic E-state index is 11.9. The molecule has 104 valence electrons. The van der Waals surface area contributed by atoms with Gasteiger partial charge in [-0.05, 0) is 25.5 Å². The summed E-state index contributed by atoms with van der Waals surface area (Å²) in [7, 11) is 0. The van der Waals surface area contributed by atoms with Crippen molar-refractivity contribution in [2.24, 2.45) is 0 Å². The quantitative estimate of drug-likeness (QED) is 0.761. The van der Waals surface area contributed by atoms with Gasteiger partial charge in [0.05, 0.1) is 11.1 Å². The molecule has 0 unspecified atom stereocenters. The molecule has 0 aliphatic carbocycles. The summed E-state index contributed by atoms with van der Waals surface area (Å²) in [4.78, 5) is 50.9. The number of benzene rings is 1. The average molecular weight is 275 g/mol. The van der Waals surface area contributed by atoms with Crippen LogP contribution in [0.15, 0.2) is 24.3 Å². The number of fused-ring (bicyclic) bond motifs is 1. The number of imide groups is 1. The molecule has 2 rings (SSSR count). The van der Waals surface area contributed by atoms with Gasteiger partial charge < -0.3 is 9.63 Å². The minimum absolute atomic E-state index is 0.0208. The van der Waals surface area contributed by atoms with Crippen molar-refractivity contribution >= 4 is 23.6 Å². The summed E-state index contributed by atoms with van der Waals surface area (Å²) >= 11 is 0. The maximum Gasteiger partial charge on any atom is 0.333 e. The Labute approximate surface area is 115 Å². The second-order valence-corrected chi connectivity index (χ2v) is 4.47. The zero-order valence-electron chi connectivity index (χ0n) is 10.9. The maximum absolute atomic E-state index is 11.9. The van der Waals surface area contributed by atoms with E-state index in [2.05, 4.69) is 0 Å². The van der Waals surface area contributed by atoms with Crippen LogP contribution in [0.2, 0.25) is 0 Å². The highest BCUT2D eigenvalue weighted by molar-refractivity contribution is 6.20. The summed E-state index contributed by atoms with van der Waals surface area (Å²) in [6.07, 6.45) is 0.571. The van der Waals surface area contributed by atoms with E-state index in [1.165, 1.54) is 19.1 Å². The minimum Gasteiger partial charge on any atom is -0.330 e. The van der Waals surface area contributed by atoms with Crippen molar-refractivity contribution in [2.75, 3.05) is 0 Å². The highest BCUT2D eigenvalue weighted by Crippen LogP contribution is 2.22. The molecule has 0 saturated heterocycles. The van der Waals surface area contributed by atoms with Crippen molar-refractivity contribution < 1.29 is 24.0 Å². The molecule has 0 N–H and O–H groups in total. The Balaban J connectivity index is 1.98. The Morgan fingerprint density at radius 2 is 1.60 bits per heavy atom. The summed E-state index contributed by atoms with van der Waals surface area (Å²) in [5.74, 6) is -2.03. The largest absolute Gasteiger partial charge is 0.333 e. The second-order valence-electron chi connectivity index (χ2n) is 4.47. The highest BCUT2D eigenvalue weighted by atomic mass is 16.7. The number of carbonyl (C=O) groups is 4. The average Bonchev–Trinajstić information content (AvgIpc) is 2.64. The number of hydroxylamine groups is 2. The Morgan fingerprint density at radius 1 is 1.05 bits per heavy atom. The fraction of sp³-hybridized carbons (Fsp3) is 0.286. The fourth-order valence-corrected chi connectivity index (χ4v) is 1.88. The Kier molecular flexibility index (Phi) is 3.93. The SMILES string of the molecule is CC(=O)CCCC(=O)ON1C(=O)c2ccccc2C1=O. The van der Waals surface area contributed by atoms with E-state index in [9.17, 15) is 19.2 Å². The van der Waals surface area contributed by atoms with Crippen molar-refractivity contribution in [1.29, 1.82) is 0 Å². The molecule has 0 saturated carbocycles. The van der Waals surface area contributed by atoms with E-state index < -0.39 is 17.8 Å². The van der Waals surface area contributed by atoms with Gasteiger partial charge in [0, 0.05) is 12.8 Å². The van der Waals surface area contributed by atoms with E-state index in [0.29, 0.717) is 11.5 Å². The molecule has 0 fully saturated rings. The monoisotopic (exact) mass is 275 g/mol. The third-order valence-electron chi connectivity index (χ3n) is 2.86.